The van der Waals surface area contributed by atoms with Crippen LogP contribution in [0, 0.1) is 3.57 Å². The van der Waals surface area contributed by atoms with Crippen molar-refractivity contribution < 1.29 is 0 Å². The first kappa shape index (κ1) is 16.3. The van der Waals surface area contributed by atoms with Crippen LogP contribution in [-0.4, -0.2) is 11.5 Å². The van der Waals surface area contributed by atoms with E-state index in [2.05, 4.69) is 36.4 Å². The van der Waals surface area contributed by atoms with E-state index < -0.39 is 0 Å². The largest absolute Gasteiger partial charge is 0.123 e. The number of benzene rings is 1. The highest BCUT2D eigenvalue weighted by molar-refractivity contribution is 14.1. The predicted octanol–water partition coefficient (Wildman–Crippen LogP) is 6.60. The smallest absolute Gasteiger partial charge is 0.0568 e. The topological polar surface area (TPSA) is 0 Å². The molecule has 1 aromatic rings. The van der Waals surface area contributed by atoms with Crippen molar-refractivity contribution in [3.8, 4) is 0 Å². The molecule has 0 aliphatic rings. The van der Waals surface area contributed by atoms with E-state index in [1.165, 1.54) is 13.4 Å². The minimum atomic E-state index is 0.777. The predicted molar refractivity (Wildman–Crippen MR) is 91.2 cm³/mol. The van der Waals surface area contributed by atoms with Gasteiger partial charge in [0.15, 0.2) is 0 Å². The Hall–Kier alpha value is 1.23. The second-order valence-corrected chi connectivity index (χ2v) is 7.61. The average Bonchev–Trinajstić information content (AvgIpc) is 2.28. The molecule has 0 nitrogen and oxygen atoms in total. The number of rotatable bonds is 6. The molecule has 0 aromatic heterocycles. The lowest BCUT2D eigenvalue weighted by Crippen LogP contribution is -1.90. The van der Waals surface area contributed by atoms with Crippen LogP contribution in [0.2, 0.25) is 10.0 Å². The third kappa shape index (κ3) is 4.68. The Morgan fingerprint density at radius 2 is 1.41 bits per heavy atom. The van der Waals surface area contributed by atoms with Crippen LogP contribution in [0.1, 0.15) is 26.7 Å². The third-order valence-corrected chi connectivity index (χ3v) is 7.27. The minimum absolute atomic E-state index is 0.777. The lowest BCUT2D eigenvalue weighted by Gasteiger charge is -2.13. The van der Waals surface area contributed by atoms with Gasteiger partial charge in [0.25, 0.3) is 0 Å². The van der Waals surface area contributed by atoms with Gasteiger partial charge in [-0.25, -0.2) is 0 Å². The fourth-order valence-corrected chi connectivity index (χ4v) is 5.58. The van der Waals surface area contributed by atoms with Gasteiger partial charge >= 0.3 is 0 Å². The van der Waals surface area contributed by atoms with Crippen LogP contribution in [-0.2, 0) is 0 Å². The Morgan fingerprint density at radius 1 is 1.00 bits per heavy atom. The Kier molecular flexibility index (Phi) is 8.06. The van der Waals surface area contributed by atoms with Gasteiger partial charge < -0.3 is 0 Å². The Morgan fingerprint density at radius 3 is 1.76 bits per heavy atom. The van der Waals surface area contributed by atoms with Crippen molar-refractivity contribution in [2.75, 3.05) is 11.5 Å². The van der Waals surface area contributed by atoms with Crippen LogP contribution < -0.4 is 0 Å². The van der Waals surface area contributed by atoms with Gasteiger partial charge in [0, 0.05) is 13.4 Å². The summed E-state index contributed by atoms with van der Waals surface area (Å²) in [7, 11) is 0. The van der Waals surface area contributed by atoms with Gasteiger partial charge in [0.1, 0.15) is 0 Å². The summed E-state index contributed by atoms with van der Waals surface area (Å²) in [5.74, 6) is 2.18. The molecule has 1 aromatic carbocycles. The summed E-state index contributed by atoms with van der Waals surface area (Å²) in [6.07, 6.45) is 2.30. The standard InChI is InChI=1S/C12H15Cl2IS2/c1-3-5-16-11-8(13)7-9(14)12(10(11)15)17-6-4-2/h7H,3-6H2,1-2H3. The van der Waals surface area contributed by atoms with Crippen molar-refractivity contribution >= 4 is 69.3 Å². The first-order chi connectivity index (χ1) is 8.11. The quantitative estimate of drug-likeness (QED) is 0.375. The lowest BCUT2D eigenvalue weighted by atomic mass is 10.3. The molecule has 0 fully saturated rings. The molecule has 0 aliphatic carbocycles. The summed E-state index contributed by atoms with van der Waals surface area (Å²) >= 11 is 18.5. The first-order valence-electron chi connectivity index (χ1n) is 5.54. The zero-order valence-corrected chi connectivity index (χ0v) is 15.2. The van der Waals surface area contributed by atoms with Gasteiger partial charge in [-0.3, -0.25) is 0 Å². The summed E-state index contributed by atoms with van der Waals surface area (Å²) in [6, 6.07) is 1.88. The maximum atomic E-state index is 6.26. The van der Waals surface area contributed by atoms with E-state index in [1.807, 2.05) is 29.6 Å². The van der Waals surface area contributed by atoms with E-state index in [0.717, 1.165) is 34.4 Å². The average molecular weight is 421 g/mol. The summed E-state index contributed by atoms with van der Waals surface area (Å²) in [5.41, 5.74) is 0. The van der Waals surface area contributed by atoms with Crippen molar-refractivity contribution in [3.63, 3.8) is 0 Å². The van der Waals surface area contributed by atoms with Crippen molar-refractivity contribution in [2.24, 2.45) is 0 Å². The van der Waals surface area contributed by atoms with Crippen molar-refractivity contribution in [1.29, 1.82) is 0 Å². The molecule has 0 saturated carbocycles. The fraction of sp³-hybridized carbons (Fsp3) is 0.500. The van der Waals surface area contributed by atoms with Gasteiger partial charge in [-0.1, -0.05) is 37.0 Å². The van der Waals surface area contributed by atoms with Crippen molar-refractivity contribution in [3.05, 3.63) is 19.7 Å². The molecule has 17 heavy (non-hydrogen) atoms. The molecule has 0 N–H and O–H groups in total. The maximum absolute atomic E-state index is 6.26. The molecule has 0 amide bonds. The summed E-state index contributed by atoms with van der Waals surface area (Å²) in [4.78, 5) is 2.36. The van der Waals surface area contributed by atoms with Crippen molar-refractivity contribution in [2.45, 2.75) is 36.5 Å². The molecule has 0 aliphatic heterocycles. The normalized spacial score (nSPS) is 10.9. The SMILES string of the molecule is CCCSc1c(Cl)cc(Cl)c(SCCC)c1I. The van der Waals surface area contributed by atoms with Gasteiger partial charge in [-0.2, -0.15) is 0 Å². The maximum Gasteiger partial charge on any atom is 0.0568 e. The van der Waals surface area contributed by atoms with Crippen LogP contribution >= 0.6 is 69.3 Å². The first-order valence-corrected chi connectivity index (χ1v) is 9.35. The molecule has 1 rings (SSSR count). The summed E-state index contributed by atoms with van der Waals surface area (Å²) in [5, 5.41) is 1.55. The van der Waals surface area contributed by atoms with Gasteiger partial charge in [0.05, 0.1) is 10.0 Å². The van der Waals surface area contributed by atoms with Gasteiger partial charge in [0.2, 0.25) is 0 Å². The monoisotopic (exact) mass is 420 g/mol. The molecule has 0 radical (unpaired) electrons. The molecular formula is C12H15Cl2IS2. The molecule has 0 atom stereocenters. The van der Waals surface area contributed by atoms with Gasteiger partial charge in [-0.15, -0.1) is 23.5 Å². The zero-order valence-electron chi connectivity index (χ0n) is 9.86. The van der Waals surface area contributed by atoms with E-state index in [0.29, 0.717) is 0 Å². The highest BCUT2D eigenvalue weighted by Crippen LogP contribution is 2.42. The van der Waals surface area contributed by atoms with E-state index >= 15 is 0 Å². The molecular weight excluding hydrogens is 406 g/mol. The highest BCUT2D eigenvalue weighted by Gasteiger charge is 2.15. The van der Waals surface area contributed by atoms with E-state index in [1.54, 1.807) is 0 Å². The minimum Gasteiger partial charge on any atom is -0.123 e. The molecule has 0 spiro atoms. The molecule has 5 heteroatoms. The number of halogens is 3. The highest BCUT2D eigenvalue weighted by atomic mass is 127. The number of thioether (sulfide) groups is 2. The molecule has 0 unspecified atom stereocenters. The molecule has 96 valence electrons. The second-order valence-electron chi connectivity index (χ2n) is 3.51. The molecule has 0 heterocycles. The van der Waals surface area contributed by atoms with Gasteiger partial charge in [-0.05, 0) is 53.0 Å². The van der Waals surface area contributed by atoms with E-state index in [9.17, 15) is 0 Å². The van der Waals surface area contributed by atoms with Crippen LogP contribution in [0.5, 0.6) is 0 Å². The van der Waals surface area contributed by atoms with Crippen LogP contribution in [0.3, 0.4) is 0 Å². The summed E-state index contributed by atoms with van der Waals surface area (Å²) < 4.78 is 1.21. The van der Waals surface area contributed by atoms with Crippen LogP contribution in [0.25, 0.3) is 0 Å². The Balaban J connectivity index is 3.04. The van der Waals surface area contributed by atoms with E-state index in [4.69, 9.17) is 23.2 Å². The fourth-order valence-electron chi connectivity index (χ4n) is 1.23. The van der Waals surface area contributed by atoms with Crippen molar-refractivity contribution in [1.82, 2.24) is 0 Å². The Bertz CT molecular complexity index is 351. The van der Waals surface area contributed by atoms with E-state index in [-0.39, 0.29) is 0 Å². The summed E-state index contributed by atoms with van der Waals surface area (Å²) in [6.45, 7) is 4.35. The number of hydrogen-bond acceptors (Lipinski definition) is 2. The number of hydrogen-bond donors (Lipinski definition) is 0. The third-order valence-electron chi connectivity index (χ3n) is 1.99. The zero-order chi connectivity index (χ0) is 12.8. The van der Waals surface area contributed by atoms with Crippen LogP contribution in [0.4, 0.5) is 0 Å². The second kappa shape index (κ2) is 8.41. The Labute approximate surface area is 136 Å². The molecule has 0 bridgehead atoms. The molecule has 0 saturated heterocycles. The lowest BCUT2D eigenvalue weighted by molar-refractivity contribution is 1.10. The van der Waals surface area contributed by atoms with Crippen LogP contribution in [0.15, 0.2) is 15.9 Å².